The van der Waals surface area contributed by atoms with E-state index in [0.29, 0.717) is 11.6 Å². The molecule has 1 aromatic carbocycles. The molecule has 2 aliphatic heterocycles. The van der Waals surface area contributed by atoms with Crippen LogP contribution in [0.1, 0.15) is 12.5 Å². The fraction of sp³-hybridized carbons (Fsp3) is 0.250. The number of aliphatic imine (C=N–C) groups is 1. The van der Waals surface area contributed by atoms with Gasteiger partial charge in [0.25, 0.3) is 11.3 Å². The number of rotatable bonds is 3. The lowest BCUT2D eigenvalue weighted by Gasteiger charge is -2.14. The fourth-order valence-corrected chi connectivity index (χ4v) is 2.85. The van der Waals surface area contributed by atoms with Crippen LogP contribution in [0.5, 0.6) is 5.75 Å². The van der Waals surface area contributed by atoms with Crippen LogP contribution in [-0.4, -0.2) is 28.5 Å². The van der Waals surface area contributed by atoms with Crippen molar-refractivity contribution in [2.24, 2.45) is 4.99 Å². The summed E-state index contributed by atoms with van der Waals surface area (Å²) in [4.78, 5) is 4.31. The van der Waals surface area contributed by atoms with Gasteiger partial charge in [-0.15, -0.1) is 13.2 Å². The van der Waals surface area contributed by atoms with Crippen LogP contribution >= 0.6 is 11.6 Å². The number of ether oxygens (including phenoxy) is 1. The molecule has 0 bridgehead atoms. The van der Waals surface area contributed by atoms with Gasteiger partial charge in [-0.1, -0.05) is 12.1 Å². The molecule has 0 amide bonds. The summed E-state index contributed by atoms with van der Waals surface area (Å²) in [5.74, 6) is -0.234. The summed E-state index contributed by atoms with van der Waals surface area (Å²) in [5.41, 5.74) is 2.87. The van der Waals surface area contributed by atoms with Crippen LogP contribution in [-0.2, 0) is 6.42 Å². The van der Waals surface area contributed by atoms with Crippen molar-refractivity contribution in [3.63, 3.8) is 0 Å². The Kier molecular flexibility index (Phi) is 4.02. The number of halogens is 4. The Balaban J connectivity index is 1.79. The van der Waals surface area contributed by atoms with Crippen LogP contribution in [0.3, 0.4) is 0 Å². The Bertz CT molecular complexity index is 746. The highest BCUT2D eigenvalue weighted by Gasteiger charge is 2.34. The minimum Gasteiger partial charge on any atom is -0.406 e. The molecule has 7 heteroatoms. The molecule has 23 heavy (non-hydrogen) atoms. The quantitative estimate of drug-likeness (QED) is 0.762. The lowest BCUT2D eigenvalue weighted by Crippen LogP contribution is -2.26. The smallest absolute Gasteiger partial charge is 0.406 e. The van der Waals surface area contributed by atoms with Gasteiger partial charge in [0.2, 0.25) is 0 Å². The number of benzene rings is 1. The number of alkyl halides is 3. The summed E-state index contributed by atoms with van der Waals surface area (Å²) < 4.78 is 42.3. The third-order valence-corrected chi connectivity index (χ3v) is 3.77. The van der Waals surface area contributed by atoms with Gasteiger partial charge < -0.3 is 4.74 Å². The molecule has 1 unspecified atom stereocenters. The van der Waals surface area contributed by atoms with Crippen molar-refractivity contribution in [1.29, 1.82) is 0 Å². The van der Waals surface area contributed by atoms with Gasteiger partial charge in [-0.2, -0.15) is 4.58 Å². The van der Waals surface area contributed by atoms with Gasteiger partial charge in [0, 0.05) is 12.2 Å². The molecular weight excluding hydrogens is 329 g/mol. The number of fused-ring (bicyclic) bond motifs is 1. The van der Waals surface area contributed by atoms with E-state index in [9.17, 15) is 13.2 Å². The molecule has 0 fully saturated rings. The van der Waals surface area contributed by atoms with E-state index >= 15 is 0 Å². The van der Waals surface area contributed by atoms with Crippen molar-refractivity contribution < 1.29 is 22.5 Å². The lowest BCUT2D eigenvalue weighted by molar-refractivity contribution is -0.500. The van der Waals surface area contributed by atoms with E-state index in [1.54, 1.807) is 18.3 Å². The number of hydrogen-bond donors (Lipinski definition) is 0. The van der Waals surface area contributed by atoms with Gasteiger partial charge in [-0.05, 0) is 41.8 Å². The molecule has 0 saturated heterocycles. The average molecular weight is 342 g/mol. The first kappa shape index (κ1) is 15.8. The molecule has 0 N–H and O–H groups in total. The minimum atomic E-state index is -4.68. The number of nitrogens with zero attached hydrogens (tertiary/aromatic N) is 2. The standard InChI is InChI=1S/C16H13ClF3N2O/c1-10-6-12(22-14(17)9-21-15(22)7-10)8-11-2-4-13(5-3-11)23-16(18,19)20/h2-7,9,15H,8H2,1H3/q+1. The van der Waals surface area contributed by atoms with E-state index in [0.717, 1.165) is 16.8 Å². The molecule has 0 radical (unpaired) electrons. The lowest BCUT2D eigenvalue weighted by atomic mass is 10.0. The summed E-state index contributed by atoms with van der Waals surface area (Å²) in [6.07, 6.45) is 1.31. The van der Waals surface area contributed by atoms with Crippen molar-refractivity contribution >= 4 is 23.0 Å². The molecule has 0 spiro atoms. The molecule has 2 aliphatic rings. The molecule has 2 heterocycles. The van der Waals surface area contributed by atoms with E-state index in [1.807, 2.05) is 23.7 Å². The van der Waals surface area contributed by atoms with Gasteiger partial charge in [0.05, 0.1) is 6.42 Å². The topological polar surface area (TPSA) is 24.6 Å². The highest BCUT2D eigenvalue weighted by Crippen LogP contribution is 2.26. The van der Waals surface area contributed by atoms with E-state index in [4.69, 9.17) is 11.6 Å². The van der Waals surface area contributed by atoms with Crippen molar-refractivity contribution in [3.05, 3.63) is 53.3 Å². The van der Waals surface area contributed by atoms with E-state index in [-0.39, 0.29) is 11.9 Å². The molecule has 0 saturated carbocycles. The monoisotopic (exact) mass is 341 g/mol. The van der Waals surface area contributed by atoms with Crippen LogP contribution in [0, 0.1) is 0 Å². The second-order valence-corrected chi connectivity index (χ2v) is 5.69. The summed E-state index contributed by atoms with van der Waals surface area (Å²) in [6.45, 7) is 1.97. The molecule has 3 nitrogen and oxygen atoms in total. The van der Waals surface area contributed by atoms with Crippen LogP contribution < -0.4 is 4.74 Å². The predicted octanol–water partition coefficient (Wildman–Crippen LogP) is 4.03. The zero-order chi connectivity index (χ0) is 16.6. The van der Waals surface area contributed by atoms with Crippen molar-refractivity contribution in [2.45, 2.75) is 25.9 Å². The van der Waals surface area contributed by atoms with Gasteiger partial charge in [0.15, 0.2) is 5.70 Å². The SMILES string of the molecule is CC1=CC2N=CC(Cl)=[N+]2C(Cc2ccc(OC(F)(F)F)cc2)=C1. The van der Waals surface area contributed by atoms with Crippen LogP contribution in [0.15, 0.2) is 52.7 Å². The maximum atomic E-state index is 12.2. The molecule has 0 aromatic heterocycles. The van der Waals surface area contributed by atoms with Crippen molar-refractivity contribution in [3.8, 4) is 5.75 Å². The van der Waals surface area contributed by atoms with Gasteiger partial charge >= 0.3 is 6.36 Å². The highest BCUT2D eigenvalue weighted by molar-refractivity contribution is 6.78. The van der Waals surface area contributed by atoms with Gasteiger partial charge in [-0.25, -0.2) is 4.99 Å². The Hall–Kier alpha value is -2.08. The first-order valence-corrected chi connectivity index (χ1v) is 7.28. The number of hydrogen-bond acceptors (Lipinski definition) is 2. The average Bonchev–Trinajstić information content (AvgIpc) is 2.81. The minimum absolute atomic E-state index is 0.143. The Morgan fingerprint density at radius 3 is 2.61 bits per heavy atom. The molecular formula is C16H13ClF3N2O+. The van der Waals surface area contributed by atoms with E-state index < -0.39 is 6.36 Å². The Labute approximate surface area is 136 Å². The summed E-state index contributed by atoms with van der Waals surface area (Å²) >= 11 is 6.17. The summed E-state index contributed by atoms with van der Waals surface area (Å²) in [5, 5.41) is 0.530. The van der Waals surface area contributed by atoms with E-state index in [1.165, 1.54) is 12.1 Å². The summed E-state index contributed by atoms with van der Waals surface area (Å²) in [6, 6.07) is 5.82. The van der Waals surface area contributed by atoms with Crippen molar-refractivity contribution in [1.82, 2.24) is 0 Å². The predicted molar refractivity (Wildman–Crippen MR) is 82.1 cm³/mol. The zero-order valence-corrected chi connectivity index (χ0v) is 12.9. The van der Waals surface area contributed by atoms with Crippen molar-refractivity contribution in [2.75, 3.05) is 0 Å². The maximum absolute atomic E-state index is 12.2. The first-order chi connectivity index (χ1) is 10.8. The third-order valence-electron chi connectivity index (χ3n) is 3.49. The normalized spacial score (nSPS) is 20.3. The van der Waals surface area contributed by atoms with Crippen LogP contribution in [0.2, 0.25) is 0 Å². The molecule has 120 valence electrons. The Morgan fingerprint density at radius 2 is 1.96 bits per heavy atom. The molecule has 3 rings (SSSR count). The number of allylic oxidation sites excluding steroid dienone is 3. The van der Waals surface area contributed by atoms with Gasteiger partial charge in [-0.3, -0.25) is 0 Å². The van der Waals surface area contributed by atoms with Crippen LogP contribution in [0.25, 0.3) is 0 Å². The van der Waals surface area contributed by atoms with Crippen LogP contribution in [0.4, 0.5) is 13.2 Å². The fourth-order valence-electron chi connectivity index (χ4n) is 2.59. The molecule has 0 aliphatic carbocycles. The van der Waals surface area contributed by atoms with E-state index in [2.05, 4.69) is 9.73 Å². The maximum Gasteiger partial charge on any atom is 0.573 e. The summed E-state index contributed by atoms with van der Waals surface area (Å²) in [7, 11) is 0. The molecule has 1 aromatic rings. The highest BCUT2D eigenvalue weighted by atomic mass is 35.5. The largest absolute Gasteiger partial charge is 0.573 e. The first-order valence-electron chi connectivity index (χ1n) is 6.90. The molecule has 1 atom stereocenters. The third kappa shape index (κ3) is 3.64. The Morgan fingerprint density at radius 1 is 1.26 bits per heavy atom. The van der Waals surface area contributed by atoms with Gasteiger partial charge in [0.1, 0.15) is 12.0 Å². The zero-order valence-electron chi connectivity index (χ0n) is 12.1. The second kappa shape index (κ2) is 5.85. The second-order valence-electron chi connectivity index (χ2n) is 5.30.